The van der Waals surface area contributed by atoms with Crippen molar-refractivity contribution < 1.29 is 18.7 Å². The molecular weight excluding hydrogens is 493 g/mol. The molecule has 8 rings (SSSR count). The van der Waals surface area contributed by atoms with Crippen LogP contribution < -0.4 is 10.6 Å². The van der Waals surface area contributed by atoms with E-state index in [0.29, 0.717) is 17.5 Å². The molecule has 38 heavy (non-hydrogen) atoms. The molecule has 0 unspecified atom stereocenters. The Labute approximate surface area is 216 Å². The molecule has 4 aliphatic rings. The van der Waals surface area contributed by atoms with E-state index in [9.17, 15) is 4.79 Å². The number of amides is 1. The summed E-state index contributed by atoms with van der Waals surface area (Å²) in [5.41, 5.74) is 4.67. The average molecular weight is 522 g/mol. The number of halogens is 1. The van der Waals surface area contributed by atoms with Gasteiger partial charge in [0.25, 0.3) is 0 Å². The first-order chi connectivity index (χ1) is 18.3. The van der Waals surface area contributed by atoms with Crippen molar-refractivity contribution in [2.75, 3.05) is 11.9 Å². The van der Waals surface area contributed by atoms with Gasteiger partial charge in [0.2, 0.25) is 5.95 Å². The Hall–Kier alpha value is -4.00. The van der Waals surface area contributed by atoms with Crippen LogP contribution in [0, 0.1) is 19.8 Å². The molecule has 0 spiro atoms. The minimum atomic E-state index is -1.52. The van der Waals surface area contributed by atoms with E-state index in [1.54, 1.807) is 12.3 Å². The van der Waals surface area contributed by atoms with Crippen LogP contribution in [0.15, 0.2) is 24.7 Å². The van der Waals surface area contributed by atoms with E-state index in [-0.39, 0.29) is 12.1 Å². The molecule has 1 amide bonds. The molecule has 0 radical (unpaired) electrons. The standard InChI is InChI=1S/C25H28FN9O3/c1-12-10-28-34(3)20(12)18-13(2)29-23(35-5-4-27-22(18)35)30-17-6-15(32-33-17)21-19(26)16(11-37-21)38-24(36)31-25-7-14(8-25)9-25/h4-6,10,14,16,19,21H,7-9,11H2,1-3H3,(H,31,36)(H2,29,30,32,33)/t14?,16-,19+,21-,25?/m1/s1. The Bertz CT molecular complexity index is 1520. The largest absolute Gasteiger partial charge is 0.441 e. The monoisotopic (exact) mass is 521 g/mol. The van der Waals surface area contributed by atoms with Crippen LogP contribution in [0.4, 0.5) is 21.0 Å². The first-order valence-electron chi connectivity index (χ1n) is 12.7. The molecule has 1 saturated heterocycles. The molecule has 12 nitrogen and oxygen atoms in total. The molecule has 0 aromatic carbocycles. The second-order valence-electron chi connectivity index (χ2n) is 10.7. The number of H-pyrrole nitrogens is 1. The van der Waals surface area contributed by atoms with E-state index in [1.165, 1.54) is 0 Å². The van der Waals surface area contributed by atoms with Gasteiger partial charge in [0.05, 0.1) is 35.4 Å². The van der Waals surface area contributed by atoms with Crippen molar-refractivity contribution in [1.82, 2.24) is 39.7 Å². The van der Waals surface area contributed by atoms with Crippen molar-refractivity contribution >= 4 is 23.5 Å². The molecule has 2 bridgehead atoms. The maximum absolute atomic E-state index is 15.2. The molecule has 1 aliphatic heterocycles. The second kappa shape index (κ2) is 8.25. The van der Waals surface area contributed by atoms with Gasteiger partial charge in [0.1, 0.15) is 6.10 Å². The van der Waals surface area contributed by atoms with E-state index in [2.05, 4.69) is 30.9 Å². The molecule has 3 atom stereocenters. The van der Waals surface area contributed by atoms with Gasteiger partial charge in [-0.15, -0.1) is 0 Å². The minimum absolute atomic E-state index is 0.0258. The first kappa shape index (κ1) is 23.1. The molecule has 4 aromatic heterocycles. The SMILES string of the molecule is Cc1cnn(C)c1-c1c(C)nc(Nc2cc([C@H]3OC[C@@H](OC(=O)NC45CC(C4)C5)[C@@H]3F)[nH]n2)n2ccnc12. The predicted octanol–water partition coefficient (Wildman–Crippen LogP) is 3.27. The van der Waals surface area contributed by atoms with E-state index < -0.39 is 24.5 Å². The highest BCUT2D eigenvalue weighted by Gasteiger charge is 2.58. The van der Waals surface area contributed by atoms with Crippen molar-refractivity contribution in [1.29, 1.82) is 0 Å². The van der Waals surface area contributed by atoms with Crippen LogP contribution in [0.3, 0.4) is 0 Å². The zero-order valence-corrected chi connectivity index (χ0v) is 21.2. The van der Waals surface area contributed by atoms with E-state index in [4.69, 9.17) is 14.5 Å². The van der Waals surface area contributed by atoms with Gasteiger partial charge in [-0.25, -0.2) is 19.2 Å². The molecule has 3 N–H and O–H groups in total. The number of nitrogens with one attached hydrogen (secondary N) is 3. The smallest absolute Gasteiger partial charge is 0.408 e. The van der Waals surface area contributed by atoms with Crippen molar-refractivity contribution in [3.8, 4) is 11.3 Å². The number of anilines is 2. The van der Waals surface area contributed by atoms with E-state index >= 15 is 4.39 Å². The lowest BCUT2D eigenvalue weighted by molar-refractivity contribution is -0.0528. The number of carbonyl (C=O) groups excluding carboxylic acids is 1. The van der Waals surface area contributed by atoms with Gasteiger partial charge in [-0.1, -0.05) is 0 Å². The summed E-state index contributed by atoms with van der Waals surface area (Å²) >= 11 is 0. The molecule has 13 heteroatoms. The summed E-state index contributed by atoms with van der Waals surface area (Å²) in [5.74, 6) is 1.67. The van der Waals surface area contributed by atoms with Crippen molar-refractivity contribution in [3.63, 3.8) is 0 Å². The summed E-state index contributed by atoms with van der Waals surface area (Å²) in [4.78, 5) is 21.6. The van der Waals surface area contributed by atoms with Crippen molar-refractivity contribution in [2.45, 2.75) is 57.0 Å². The number of rotatable bonds is 6. The molecule has 198 valence electrons. The highest BCUT2D eigenvalue weighted by molar-refractivity contribution is 5.80. The third-order valence-electron chi connectivity index (χ3n) is 7.98. The zero-order chi connectivity index (χ0) is 26.2. The third-order valence-corrected chi connectivity index (χ3v) is 7.98. The highest BCUT2D eigenvalue weighted by Crippen LogP contribution is 2.57. The number of carbonyl (C=O) groups is 1. The van der Waals surface area contributed by atoms with Gasteiger partial charge < -0.3 is 20.1 Å². The Morgan fingerprint density at radius 1 is 1.32 bits per heavy atom. The fraction of sp³-hybridized carbons (Fsp3) is 0.480. The number of fused-ring (bicyclic) bond motifs is 1. The Kier molecular flexibility index (Phi) is 5.02. The molecular formula is C25H28FN9O3. The van der Waals surface area contributed by atoms with E-state index in [1.807, 2.05) is 42.4 Å². The summed E-state index contributed by atoms with van der Waals surface area (Å²) in [6.45, 7) is 3.89. The number of aromatic nitrogens is 7. The molecule has 3 aliphatic carbocycles. The number of hydrogen-bond donors (Lipinski definition) is 3. The quantitative estimate of drug-likeness (QED) is 0.352. The number of hydrogen-bond acceptors (Lipinski definition) is 8. The number of alkyl carbamates (subject to hydrolysis) is 1. The first-order valence-corrected chi connectivity index (χ1v) is 12.7. The fourth-order valence-corrected chi connectivity index (χ4v) is 5.98. The number of ether oxygens (including phenoxy) is 2. The highest BCUT2D eigenvalue weighted by atomic mass is 19.1. The lowest BCUT2D eigenvalue weighted by Crippen LogP contribution is -2.68. The van der Waals surface area contributed by atoms with Gasteiger partial charge in [-0.3, -0.25) is 14.2 Å². The summed E-state index contributed by atoms with van der Waals surface area (Å²) in [6, 6.07) is 1.67. The van der Waals surface area contributed by atoms with Gasteiger partial charge in [-0.05, 0) is 44.6 Å². The van der Waals surface area contributed by atoms with Crippen LogP contribution in [0.2, 0.25) is 0 Å². The summed E-state index contributed by atoms with van der Waals surface area (Å²) < 4.78 is 29.9. The summed E-state index contributed by atoms with van der Waals surface area (Å²) in [7, 11) is 1.89. The summed E-state index contributed by atoms with van der Waals surface area (Å²) in [6.07, 6.45) is 4.27. The van der Waals surface area contributed by atoms with Gasteiger partial charge in [0, 0.05) is 31.0 Å². The van der Waals surface area contributed by atoms with Crippen LogP contribution in [0.1, 0.15) is 42.3 Å². The maximum Gasteiger partial charge on any atom is 0.408 e. The van der Waals surface area contributed by atoms with Crippen LogP contribution >= 0.6 is 0 Å². The topological polar surface area (TPSA) is 136 Å². The second-order valence-corrected chi connectivity index (χ2v) is 10.7. The number of alkyl halides is 1. The third kappa shape index (κ3) is 3.56. The summed E-state index contributed by atoms with van der Waals surface area (Å²) in [5, 5.41) is 17.6. The van der Waals surface area contributed by atoms with Gasteiger partial charge in [-0.2, -0.15) is 10.2 Å². The molecule has 5 heterocycles. The van der Waals surface area contributed by atoms with Crippen LogP contribution in [-0.4, -0.2) is 64.9 Å². The number of aromatic amines is 1. The number of aryl methyl sites for hydroxylation is 3. The Morgan fingerprint density at radius 3 is 2.84 bits per heavy atom. The minimum Gasteiger partial charge on any atom is -0.441 e. The maximum atomic E-state index is 15.2. The molecule has 3 saturated carbocycles. The number of imidazole rings is 1. The predicted molar refractivity (Wildman–Crippen MR) is 134 cm³/mol. The average Bonchev–Trinajstić information content (AvgIpc) is 3.61. The van der Waals surface area contributed by atoms with Crippen molar-refractivity contribution in [2.24, 2.45) is 13.0 Å². The lowest BCUT2D eigenvalue weighted by Gasteiger charge is -2.61. The molecule has 4 fully saturated rings. The Balaban J connectivity index is 1.07. The number of nitrogens with zero attached hydrogens (tertiary/aromatic N) is 6. The normalized spacial score (nSPS) is 27.7. The molecule has 4 aromatic rings. The van der Waals surface area contributed by atoms with Crippen LogP contribution in [-0.2, 0) is 16.5 Å². The fourth-order valence-electron chi connectivity index (χ4n) is 5.98. The van der Waals surface area contributed by atoms with Crippen LogP contribution in [0.25, 0.3) is 16.9 Å². The van der Waals surface area contributed by atoms with E-state index in [0.717, 1.165) is 53.3 Å². The van der Waals surface area contributed by atoms with Crippen LogP contribution in [0.5, 0.6) is 0 Å². The van der Waals surface area contributed by atoms with Gasteiger partial charge in [0.15, 0.2) is 23.7 Å². The lowest BCUT2D eigenvalue weighted by atomic mass is 9.50. The zero-order valence-electron chi connectivity index (χ0n) is 21.2. The Morgan fingerprint density at radius 2 is 2.13 bits per heavy atom. The van der Waals surface area contributed by atoms with Gasteiger partial charge >= 0.3 is 6.09 Å². The van der Waals surface area contributed by atoms with Crippen molar-refractivity contribution in [3.05, 3.63) is 41.6 Å².